The molecule has 0 aromatic carbocycles. The van der Waals surface area contributed by atoms with Crippen LogP contribution in [-0.4, -0.2) is 107 Å². The molecular weight excluding hydrogens is 839 g/mol. The summed E-state index contributed by atoms with van der Waals surface area (Å²) in [6, 6.07) is -1.15. The molecular formula is C50H89NO12S. The fraction of sp³-hybridized carbons (Fsp3) is 0.780. The molecule has 14 heteroatoms. The molecule has 8 atom stereocenters. The van der Waals surface area contributed by atoms with Crippen LogP contribution < -0.4 is 5.32 Å². The van der Waals surface area contributed by atoms with Crippen molar-refractivity contribution in [2.75, 3.05) is 13.2 Å². The third-order valence-electron chi connectivity index (χ3n) is 11.4. The number of ether oxygens (including phenoxy) is 2. The maximum Gasteiger partial charge on any atom is 0.397 e. The van der Waals surface area contributed by atoms with Gasteiger partial charge in [-0.05, 0) is 70.6 Å². The Morgan fingerprint density at radius 3 is 1.62 bits per heavy atom. The zero-order valence-electron chi connectivity index (χ0n) is 39.4. The summed E-state index contributed by atoms with van der Waals surface area (Å²) < 4.78 is 47.5. The summed E-state index contributed by atoms with van der Waals surface area (Å²) in [6.45, 7) is 3.15. The molecule has 0 aromatic heterocycles. The Morgan fingerprint density at radius 2 is 1.09 bits per heavy atom. The topological polar surface area (TPSA) is 212 Å². The van der Waals surface area contributed by atoms with Gasteiger partial charge in [0, 0.05) is 0 Å². The molecule has 13 nitrogen and oxygen atoms in total. The molecule has 7 N–H and O–H groups in total. The third-order valence-corrected chi connectivity index (χ3v) is 11.8. The lowest BCUT2D eigenvalue weighted by Crippen LogP contribution is -2.61. The van der Waals surface area contributed by atoms with E-state index in [-0.39, 0.29) is 6.42 Å². The first-order valence-electron chi connectivity index (χ1n) is 24.8. The van der Waals surface area contributed by atoms with Gasteiger partial charge in [0.05, 0.1) is 25.4 Å². The van der Waals surface area contributed by atoms with Crippen molar-refractivity contribution >= 4 is 16.3 Å². The molecule has 0 bridgehead atoms. The van der Waals surface area contributed by atoms with E-state index in [1.807, 2.05) is 0 Å². The monoisotopic (exact) mass is 928 g/mol. The minimum atomic E-state index is -5.13. The van der Waals surface area contributed by atoms with Gasteiger partial charge >= 0.3 is 10.4 Å². The number of aliphatic hydroxyl groups excluding tert-OH is 5. The number of carbonyl (C=O) groups is 1. The highest BCUT2D eigenvalue weighted by Gasteiger charge is 2.48. The van der Waals surface area contributed by atoms with E-state index in [1.165, 1.54) is 96.0 Å². The van der Waals surface area contributed by atoms with Crippen molar-refractivity contribution in [2.45, 2.75) is 236 Å². The van der Waals surface area contributed by atoms with Crippen molar-refractivity contribution in [3.05, 3.63) is 60.8 Å². The molecule has 0 aromatic rings. The number of amides is 1. The van der Waals surface area contributed by atoms with E-state index >= 15 is 0 Å². The summed E-state index contributed by atoms with van der Waals surface area (Å²) in [6.07, 6.45) is 38.7. The Hall–Kier alpha value is -2.24. The van der Waals surface area contributed by atoms with Gasteiger partial charge in [0.15, 0.2) is 6.29 Å². The van der Waals surface area contributed by atoms with Crippen LogP contribution in [0.3, 0.4) is 0 Å². The summed E-state index contributed by atoms with van der Waals surface area (Å²) in [5, 5.41) is 55.2. The number of unbranched alkanes of at least 4 members (excludes halogenated alkanes) is 21. The standard InChI is InChI=1S/C50H89NO12S/c1-3-5-7-9-11-13-15-17-19-20-21-22-23-24-25-27-28-30-32-34-36-38-43(53)42(41-61-50-47(56)48(63-64(58,59)60)46(55)45(40-52)62-50)51-49(57)44(54)39-37-35-33-31-29-26-18-16-14-12-10-8-6-4-2/h12,14,16,18,23-24,28,30,36,38,42-48,50,52-56H,3-11,13,15,17,19-22,25-27,29,31-35,37,39-41H2,1-2H3,(H,51,57)(H,58,59,60)/b14-12-,18-16-,24-23+,30-28+,38-36+. The summed E-state index contributed by atoms with van der Waals surface area (Å²) >= 11 is 0. The van der Waals surface area contributed by atoms with Crippen LogP contribution in [0.25, 0.3) is 0 Å². The Bertz CT molecular complexity index is 1390. The number of hydrogen-bond donors (Lipinski definition) is 7. The lowest BCUT2D eigenvalue weighted by molar-refractivity contribution is -0.298. The number of nitrogens with one attached hydrogen (secondary N) is 1. The highest BCUT2D eigenvalue weighted by Crippen LogP contribution is 2.26. The lowest BCUT2D eigenvalue weighted by atomic mass is 9.99. The predicted molar refractivity (Wildman–Crippen MR) is 256 cm³/mol. The summed E-state index contributed by atoms with van der Waals surface area (Å²) in [7, 11) is -5.13. The molecule has 8 unspecified atom stereocenters. The van der Waals surface area contributed by atoms with Crippen LogP contribution in [0.15, 0.2) is 60.8 Å². The number of allylic oxidation sites excluding steroid dienone is 9. The second kappa shape index (κ2) is 39.9. The number of carbonyl (C=O) groups excluding carboxylic acids is 1. The molecule has 0 radical (unpaired) electrons. The van der Waals surface area contributed by atoms with E-state index < -0.39 is 78.5 Å². The molecule has 1 aliphatic rings. The molecule has 0 aliphatic carbocycles. The van der Waals surface area contributed by atoms with Crippen LogP contribution in [0.2, 0.25) is 0 Å². The molecule has 372 valence electrons. The third kappa shape index (κ3) is 31.6. The Labute approximate surface area is 387 Å². The quantitative estimate of drug-likeness (QED) is 0.0132. The Balaban J connectivity index is 2.60. The van der Waals surface area contributed by atoms with Gasteiger partial charge in [-0.1, -0.05) is 177 Å². The predicted octanol–water partition coefficient (Wildman–Crippen LogP) is 9.19. The van der Waals surface area contributed by atoms with E-state index in [9.17, 15) is 43.3 Å². The van der Waals surface area contributed by atoms with Crippen molar-refractivity contribution in [3.8, 4) is 0 Å². The van der Waals surface area contributed by atoms with E-state index in [4.69, 9.17) is 9.47 Å². The molecule has 1 heterocycles. The van der Waals surface area contributed by atoms with E-state index in [0.717, 1.165) is 64.2 Å². The normalized spacial score (nSPS) is 21.3. The molecule has 64 heavy (non-hydrogen) atoms. The second-order valence-corrected chi connectivity index (χ2v) is 18.2. The van der Waals surface area contributed by atoms with Crippen molar-refractivity contribution in [1.29, 1.82) is 0 Å². The zero-order valence-corrected chi connectivity index (χ0v) is 40.3. The average Bonchev–Trinajstić information content (AvgIpc) is 3.27. The fourth-order valence-corrected chi connectivity index (χ4v) is 7.93. The van der Waals surface area contributed by atoms with Crippen molar-refractivity contribution in [3.63, 3.8) is 0 Å². The van der Waals surface area contributed by atoms with Crippen molar-refractivity contribution < 1.29 is 57.0 Å². The van der Waals surface area contributed by atoms with E-state index in [0.29, 0.717) is 12.8 Å². The van der Waals surface area contributed by atoms with Gasteiger partial charge in [-0.3, -0.25) is 9.35 Å². The Kier molecular flexibility index (Phi) is 37.3. The van der Waals surface area contributed by atoms with Crippen LogP contribution in [0.1, 0.15) is 187 Å². The first-order chi connectivity index (χ1) is 30.9. The Morgan fingerprint density at radius 1 is 0.641 bits per heavy atom. The summed E-state index contributed by atoms with van der Waals surface area (Å²) in [4.78, 5) is 13.1. The van der Waals surface area contributed by atoms with E-state index in [2.05, 4.69) is 72.0 Å². The van der Waals surface area contributed by atoms with Crippen LogP contribution in [-0.2, 0) is 28.9 Å². The minimum Gasteiger partial charge on any atom is -0.394 e. The smallest absolute Gasteiger partial charge is 0.394 e. The van der Waals surface area contributed by atoms with Gasteiger partial charge in [0.1, 0.15) is 30.5 Å². The van der Waals surface area contributed by atoms with E-state index in [1.54, 1.807) is 6.08 Å². The summed E-state index contributed by atoms with van der Waals surface area (Å²) in [5.41, 5.74) is 0. The molecule has 1 fully saturated rings. The highest BCUT2D eigenvalue weighted by atomic mass is 32.3. The first-order valence-corrected chi connectivity index (χ1v) is 26.2. The molecule has 0 spiro atoms. The maximum absolute atomic E-state index is 13.1. The SMILES string of the molecule is CCCCC/C=C\C=C/CCCCCCCC(O)C(=O)NC(COC1OC(CO)C(O)C(OS(=O)(=O)O)C1O)C(O)/C=C/CC/C=C/CC/C=C/CCCCCCCCCCCCC. The molecule has 1 amide bonds. The minimum absolute atomic E-state index is 0.213. The van der Waals surface area contributed by atoms with Gasteiger partial charge in [-0.2, -0.15) is 8.42 Å². The van der Waals surface area contributed by atoms with Crippen LogP contribution in [0, 0.1) is 0 Å². The van der Waals surface area contributed by atoms with Crippen molar-refractivity contribution in [1.82, 2.24) is 5.32 Å². The van der Waals surface area contributed by atoms with Crippen LogP contribution in [0.5, 0.6) is 0 Å². The van der Waals surface area contributed by atoms with Gasteiger partial charge in [0.25, 0.3) is 0 Å². The maximum atomic E-state index is 13.1. The lowest BCUT2D eigenvalue weighted by Gasteiger charge is -2.41. The number of rotatable bonds is 41. The molecule has 0 saturated carbocycles. The first kappa shape index (κ1) is 59.8. The fourth-order valence-electron chi connectivity index (χ4n) is 7.42. The van der Waals surface area contributed by atoms with Crippen LogP contribution >= 0.6 is 0 Å². The largest absolute Gasteiger partial charge is 0.397 e. The second-order valence-electron chi connectivity index (χ2n) is 17.2. The molecule has 1 rings (SSSR count). The van der Waals surface area contributed by atoms with Gasteiger partial charge < -0.3 is 40.3 Å². The summed E-state index contributed by atoms with van der Waals surface area (Å²) in [5.74, 6) is -0.730. The number of hydrogen-bond acceptors (Lipinski definition) is 11. The molecule has 1 saturated heterocycles. The highest BCUT2D eigenvalue weighted by molar-refractivity contribution is 7.80. The van der Waals surface area contributed by atoms with Crippen molar-refractivity contribution in [2.24, 2.45) is 0 Å². The van der Waals surface area contributed by atoms with Gasteiger partial charge in [-0.25, -0.2) is 4.18 Å². The average molecular weight is 928 g/mol. The number of aliphatic hydroxyl groups is 5. The van der Waals surface area contributed by atoms with Crippen LogP contribution in [0.4, 0.5) is 0 Å². The zero-order chi connectivity index (χ0) is 47.1. The molecule has 1 aliphatic heterocycles. The van der Waals surface area contributed by atoms with Gasteiger partial charge in [0.2, 0.25) is 5.91 Å². The van der Waals surface area contributed by atoms with Gasteiger partial charge in [-0.15, -0.1) is 0 Å².